The lowest BCUT2D eigenvalue weighted by Crippen LogP contribution is -2.35. The Kier molecular flexibility index (Phi) is 7.74. The number of aromatic amines is 1. The summed E-state index contributed by atoms with van der Waals surface area (Å²) >= 11 is 5.67. The molecule has 0 fully saturated rings. The number of nitrogens with one attached hydrogen (secondary N) is 2. The molecule has 10 heteroatoms. The summed E-state index contributed by atoms with van der Waals surface area (Å²) in [5.74, 6) is -0.339. The summed E-state index contributed by atoms with van der Waals surface area (Å²) in [6.07, 6.45) is 3.45. The molecule has 0 radical (unpaired) electrons. The van der Waals surface area contributed by atoms with E-state index < -0.39 is 5.97 Å². The van der Waals surface area contributed by atoms with E-state index in [0.717, 1.165) is 35.1 Å². The summed E-state index contributed by atoms with van der Waals surface area (Å²) in [4.78, 5) is 17.8. The number of hydrogen-bond acceptors (Lipinski definition) is 6. The first-order valence-electron chi connectivity index (χ1n) is 11.2. The summed E-state index contributed by atoms with van der Waals surface area (Å²) in [6, 6.07) is 19.3. The molecule has 0 saturated carbocycles. The minimum Gasteiger partial charge on any atom is -0.478 e. The SMILES string of the molecule is CCCCN(Cc1ccc(-c2ccccc2)c(-c2nn[nH]n2)c1)C(=S)Nc1ncccc1C(=O)O. The van der Waals surface area contributed by atoms with Crippen molar-refractivity contribution in [3.63, 3.8) is 0 Å². The lowest BCUT2D eigenvalue weighted by atomic mass is 9.97. The number of unbranched alkanes of at least 4 members (excludes halogenated alkanes) is 1. The monoisotopic (exact) mass is 487 g/mol. The topological polar surface area (TPSA) is 120 Å². The quantitative estimate of drug-likeness (QED) is 0.290. The summed E-state index contributed by atoms with van der Waals surface area (Å²) in [5.41, 5.74) is 3.97. The van der Waals surface area contributed by atoms with E-state index >= 15 is 0 Å². The summed E-state index contributed by atoms with van der Waals surface area (Å²) in [7, 11) is 0. The van der Waals surface area contributed by atoms with Gasteiger partial charge in [-0.1, -0.05) is 55.8 Å². The van der Waals surface area contributed by atoms with Gasteiger partial charge in [-0.05, 0) is 58.7 Å². The number of benzene rings is 2. The van der Waals surface area contributed by atoms with Crippen LogP contribution in [-0.2, 0) is 6.54 Å². The summed E-state index contributed by atoms with van der Waals surface area (Å²) in [6.45, 7) is 3.33. The first-order valence-corrected chi connectivity index (χ1v) is 11.6. The van der Waals surface area contributed by atoms with E-state index in [2.05, 4.69) is 43.9 Å². The number of rotatable bonds is 9. The highest BCUT2D eigenvalue weighted by Crippen LogP contribution is 2.31. The third kappa shape index (κ3) is 5.85. The molecule has 0 aliphatic rings. The third-order valence-electron chi connectivity index (χ3n) is 5.46. The average Bonchev–Trinajstić information content (AvgIpc) is 3.42. The van der Waals surface area contributed by atoms with Gasteiger partial charge in [0.25, 0.3) is 0 Å². The molecule has 2 aromatic heterocycles. The largest absolute Gasteiger partial charge is 0.478 e. The zero-order valence-electron chi connectivity index (χ0n) is 19.2. The Labute approximate surface area is 208 Å². The Bertz CT molecular complexity index is 1300. The lowest BCUT2D eigenvalue weighted by Gasteiger charge is -2.26. The van der Waals surface area contributed by atoms with E-state index in [1.807, 2.05) is 47.4 Å². The number of carboxylic acid groups (broad SMARTS) is 1. The van der Waals surface area contributed by atoms with Crippen LogP contribution in [-0.4, -0.2) is 53.2 Å². The molecule has 0 aliphatic heterocycles. The van der Waals surface area contributed by atoms with Crippen LogP contribution in [0.25, 0.3) is 22.5 Å². The minimum atomic E-state index is -1.07. The van der Waals surface area contributed by atoms with E-state index in [0.29, 0.717) is 24.0 Å². The number of nitrogens with zero attached hydrogens (tertiary/aromatic N) is 5. The number of tetrazole rings is 1. The van der Waals surface area contributed by atoms with Crippen molar-refractivity contribution >= 4 is 29.1 Å². The number of thiocarbonyl (C=S) groups is 1. The third-order valence-corrected chi connectivity index (χ3v) is 5.82. The van der Waals surface area contributed by atoms with Gasteiger partial charge in [-0.2, -0.15) is 5.21 Å². The standard InChI is InChI=1S/C25H25N7O2S/c1-2-3-14-32(25(35)27-22-20(24(33)34)10-7-13-26-22)16-17-11-12-19(18-8-5-4-6-9-18)21(15-17)23-28-30-31-29-23/h4-13,15H,2-3,14,16H2,1H3,(H,33,34)(H,26,27,35)(H,28,29,30,31). The molecule has 35 heavy (non-hydrogen) atoms. The van der Waals surface area contributed by atoms with Crippen LogP contribution < -0.4 is 5.32 Å². The van der Waals surface area contributed by atoms with Crippen molar-refractivity contribution in [2.24, 2.45) is 0 Å². The number of anilines is 1. The fraction of sp³-hybridized carbons (Fsp3) is 0.200. The number of pyridine rings is 1. The van der Waals surface area contributed by atoms with Crippen LogP contribution in [0.4, 0.5) is 5.82 Å². The van der Waals surface area contributed by atoms with Crippen LogP contribution in [0.2, 0.25) is 0 Å². The molecule has 9 nitrogen and oxygen atoms in total. The van der Waals surface area contributed by atoms with E-state index in [4.69, 9.17) is 12.2 Å². The van der Waals surface area contributed by atoms with Crippen LogP contribution in [0, 0.1) is 0 Å². The van der Waals surface area contributed by atoms with Gasteiger partial charge in [0.05, 0.1) is 0 Å². The van der Waals surface area contributed by atoms with Crippen molar-refractivity contribution in [2.45, 2.75) is 26.3 Å². The smallest absolute Gasteiger partial charge is 0.339 e. The second kappa shape index (κ2) is 11.3. The first kappa shape index (κ1) is 24.0. The molecule has 2 aromatic carbocycles. The molecule has 0 amide bonds. The molecule has 4 rings (SSSR count). The van der Waals surface area contributed by atoms with Crippen LogP contribution >= 0.6 is 12.2 Å². The van der Waals surface area contributed by atoms with Crippen LogP contribution in [0.1, 0.15) is 35.7 Å². The molecule has 178 valence electrons. The molecule has 0 saturated heterocycles. The van der Waals surface area contributed by atoms with E-state index in [9.17, 15) is 9.90 Å². The maximum Gasteiger partial charge on any atom is 0.339 e. The zero-order valence-corrected chi connectivity index (χ0v) is 20.0. The van der Waals surface area contributed by atoms with Gasteiger partial charge >= 0.3 is 5.97 Å². The number of hydrogen-bond donors (Lipinski definition) is 3. The maximum absolute atomic E-state index is 11.6. The Morgan fingerprint density at radius 2 is 1.94 bits per heavy atom. The van der Waals surface area contributed by atoms with Crippen molar-refractivity contribution in [1.82, 2.24) is 30.5 Å². The summed E-state index contributed by atoms with van der Waals surface area (Å²) in [5, 5.41) is 27.6. The molecule has 2 heterocycles. The normalized spacial score (nSPS) is 10.7. The van der Waals surface area contributed by atoms with Gasteiger partial charge in [-0.25, -0.2) is 9.78 Å². The van der Waals surface area contributed by atoms with Crippen molar-refractivity contribution in [3.8, 4) is 22.5 Å². The van der Waals surface area contributed by atoms with Crippen molar-refractivity contribution < 1.29 is 9.90 Å². The fourth-order valence-corrected chi connectivity index (χ4v) is 3.95. The van der Waals surface area contributed by atoms with Crippen LogP contribution in [0.5, 0.6) is 0 Å². The molecule has 4 aromatic rings. The number of aromatic nitrogens is 5. The zero-order chi connectivity index (χ0) is 24.6. The Balaban J connectivity index is 1.63. The number of aromatic carboxylic acids is 1. The average molecular weight is 488 g/mol. The van der Waals surface area contributed by atoms with Gasteiger partial charge in [0, 0.05) is 24.8 Å². The van der Waals surface area contributed by atoms with Crippen molar-refractivity contribution in [1.29, 1.82) is 0 Å². The second-order valence-corrected chi connectivity index (χ2v) is 8.28. The molecular weight excluding hydrogens is 462 g/mol. The highest BCUT2D eigenvalue weighted by Gasteiger charge is 2.18. The maximum atomic E-state index is 11.6. The molecule has 0 unspecified atom stereocenters. The number of carbonyl (C=O) groups is 1. The van der Waals surface area contributed by atoms with E-state index in [-0.39, 0.29) is 11.4 Å². The van der Waals surface area contributed by atoms with Gasteiger partial charge in [-0.15, -0.1) is 10.2 Å². The van der Waals surface area contributed by atoms with Gasteiger partial charge in [0.2, 0.25) is 5.82 Å². The summed E-state index contributed by atoms with van der Waals surface area (Å²) < 4.78 is 0. The molecule has 0 aliphatic carbocycles. The van der Waals surface area contributed by atoms with E-state index in [1.54, 1.807) is 6.07 Å². The Morgan fingerprint density at radius 1 is 1.11 bits per heavy atom. The van der Waals surface area contributed by atoms with Crippen molar-refractivity contribution in [2.75, 3.05) is 11.9 Å². The highest BCUT2D eigenvalue weighted by atomic mass is 32.1. The highest BCUT2D eigenvalue weighted by molar-refractivity contribution is 7.80. The fourth-order valence-electron chi connectivity index (χ4n) is 3.70. The number of carboxylic acids is 1. The Morgan fingerprint density at radius 3 is 2.66 bits per heavy atom. The van der Waals surface area contributed by atoms with E-state index in [1.165, 1.54) is 12.3 Å². The van der Waals surface area contributed by atoms with Gasteiger partial charge < -0.3 is 15.3 Å². The minimum absolute atomic E-state index is 0.0666. The molecular formula is C25H25N7O2S. The van der Waals surface area contributed by atoms with Crippen molar-refractivity contribution in [3.05, 3.63) is 78.0 Å². The first-order chi connectivity index (χ1) is 17.1. The predicted molar refractivity (Wildman–Crippen MR) is 138 cm³/mol. The molecule has 0 atom stereocenters. The lowest BCUT2D eigenvalue weighted by molar-refractivity contribution is 0.0697. The van der Waals surface area contributed by atoms with Crippen LogP contribution in [0.15, 0.2) is 66.9 Å². The van der Waals surface area contributed by atoms with Crippen LogP contribution in [0.3, 0.4) is 0 Å². The molecule has 0 bridgehead atoms. The second-order valence-electron chi connectivity index (χ2n) is 7.89. The number of H-pyrrole nitrogens is 1. The predicted octanol–water partition coefficient (Wildman–Crippen LogP) is 4.63. The van der Waals surface area contributed by atoms with Gasteiger partial charge in [0.15, 0.2) is 5.11 Å². The van der Waals surface area contributed by atoms with Gasteiger partial charge in [0.1, 0.15) is 11.4 Å². The molecule has 0 spiro atoms. The molecule has 3 N–H and O–H groups in total. The Hall–Kier alpha value is -4.18. The van der Waals surface area contributed by atoms with Gasteiger partial charge in [-0.3, -0.25) is 0 Å².